The molecule has 9 heteroatoms. The van der Waals surface area contributed by atoms with Gasteiger partial charge in [-0.3, -0.25) is 14.5 Å². The van der Waals surface area contributed by atoms with E-state index in [1.165, 1.54) is 35.6 Å². The van der Waals surface area contributed by atoms with E-state index in [1.807, 2.05) is 24.0 Å². The largest absolute Gasteiger partial charge is 0.335 e. The standard InChI is InChI=1S/C23H22ClFN4O2S/c1-15-21(32-22(26-15)16-2-4-17(24)5-3-16)23(31)29-12-10-28(11-13-29)14-20(30)27-19-8-6-18(25)7-9-19/h2-9H,10-14H2,1H3,(H,27,30). The van der Waals surface area contributed by atoms with Gasteiger partial charge in [-0.2, -0.15) is 0 Å². The first-order chi connectivity index (χ1) is 15.4. The molecule has 1 fully saturated rings. The number of nitrogens with one attached hydrogen (secondary N) is 1. The molecule has 0 saturated carbocycles. The number of rotatable bonds is 5. The van der Waals surface area contributed by atoms with Crippen LogP contribution in [0.5, 0.6) is 0 Å². The zero-order chi connectivity index (χ0) is 22.7. The van der Waals surface area contributed by atoms with Crippen LogP contribution < -0.4 is 5.32 Å². The molecule has 32 heavy (non-hydrogen) atoms. The lowest BCUT2D eigenvalue weighted by molar-refractivity contribution is -0.117. The summed E-state index contributed by atoms with van der Waals surface area (Å²) in [6.45, 7) is 4.35. The third-order valence-corrected chi connectivity index (χ3v) is 6.68. The summed E-state index contributed by atoms with van der Waals surface area (Å²) >= 11 is 7.34. The van der Waals surface area contributed by atoms with Crippen molar-refractivity contribution in [3.63, 3.8) is 0 Å². The Morgan fingerprint density at radius 2 is 1.72 bits per heavy atom. The summed E-state index contributed by atoms with van der Waals surface area (Å²) in [6, 6.07) is 13.1. The Morgan fingerprint density at radius 1 is 1.06 bits per heavy atom. The number of benzene rings is 2. The minimum atomic E-state index is -0.347. The second-order valence-electron chi connectivity index (χ2n) is 7.56. The number of carbonyl (C=O) groups is 2. The molecule has 1 N–H and O–H groups in total. The quantitative estimate of drug-likeness (QED) is 0.601. The molecule has 3 aromatic rings. The van der Waals surface area contributed by atoms with Crippen molar-refractivity contribution in [2.24, 2.45) is 0 Å². The molecular formula is C23H22ClFN4O2S. The van der Waals surface area contributed by atoms with E-state index < -0.39 is 0 Å². The Kier molecular flexibility index (Phi) is 6.83. The molecule has 1 aliphatic heterocycles. The van der Waals surface area contributed by atoms with Crippen LogP contribution in [0.1, 0.15) is 15.4 Å². The Labute approximate surface area is 194 Å². The van der Waals surface area contributed by atoms with Gasteiger partial charge < -0.3 is 10.2 Å². The molecule has 2 heterocycles. The fourth-order valence-corrected chi connectivity index (χ4v) is 4.67. The van der Waals surface area contributed by atoms with Gasteiger partial charge in [0.15, 0.2) is 0 Å². The van der Waals surface area contributed by atoms with E-state index in [0.717, 1.165) is 10.6 Å². The smallest absolute Gasteiger partial charge is 0.265 e. The van der Waals surface area contributed by atoms with Crippen molar-refractivity contribution in [2.75, 3.05) is 38.0 Å². The number of hydrogen-bond acceptors (Lipinski definition) is 5. The van der Waals surface area contributed by atoms with Crippen LogP contribution in [0.25, 0.3) is 10.6 Å². The maximum atomic E-state index is 13.1. The minimum Gasteiger partial charge on any atom is -0.335 e. The van der Waals surface area contributed by atoms with Gasteiger partial charge in [0.1, 0.15) is 15.7 Å². The topological polar surface area (TPSA) is 65.5 Å². The van der Waals surface area contributed by atoms with Gasteiger partial charge in [-0.15, -0.1) is 11.3 Å². The van der Waals surface area contributed by atoms with E-state index in [0.29, 0.717) is 47.5 Å². The van der Waals surface area contributed by atoms with Crippen molar-refractivity contribution in [3.8, 4) is 10.6 Å². The first-order valence-corrected chi connectivity index (χ1v) is 11.4. The first-order valence-electron chi connectivity index (χ1n) is 10.2. The molecule has 4 rings (SSSR count). The summed E-state index contributed by atoms with van der Waals surface area (Å²) in [5.74, 6) is -0.543. The van der Waals surface area contributed by atoms with Gasteiger partial charge in [-0.1, -0.05) is 23.7 Å². The molecule has 2 aromatic carbocycles. The van der Waals surface area contributed by atoms with Crippen molar-refractivity contribution in [1.82, 2.24) is 14.8 Å². The lowest BCUT2D eigenvalue weighted by Gasteiger charge is -2.34. The van der Waals surface area contributed by atoms with Crippen LogP contribution in [-0.4, -0.2) is 59.3 Å². The van der Waals surface area contributed by atoms with Crippen LogP contribution in [0.4, 0.5) is 10.1 Å². The molecule has 0 spiro atoms. The van der Waals surface area contributed by atoms with E-state index in [-0.39, 0.29) is 24.2 Å². The molecule has 0 radical (unpaired) electrons. The van der Waals surface area contributed by atoms with Crippen LogP contribution in [0.15, 0.2) is 48.5 Å². The molecule has 0 atom stereocenters. The number of hydrogen-bond donors (Lipinski definition) is 1. The van der Waals surface area contributed by atoms with Crippen LogP contribution in [0.2, 0.25) is 5.02 Å². The van der Waals surface area contributed by atoms with E-state index in [1.54, 1.807) is 17.0 Å². The number of anilines is 1. The van der Waals surface area contributed by atoms with Gasteiger partial charge >= 0.3 is 0 Å². The predicted molar refractivity (Wildman–Crippen MR) is 125 cm³/mol. The molecule has 2 amide bonds. The summed E-state index contributed by atoms with van der Waals surface area (Å²) in [5, 5.41) is 4.21. The summed E-state index contributed by atoms with van der Waals surface area (Å²) < 4.78 is 13.0. The molecule has 1 aromatic heterocycles. The van der Waals surface area contributed by atoms with Crippen molar-refractivity contribution in [1.29, 1.82) is 0 Å². The van der Waals surface area contributed by atoms with Crippen molar-refractivity contribution in [3.05, 3.63) is 69.9 Å². The normalized spacial score (nSPS) is 14.4. The summed E-state index contributed by atoms with van der Waals surface area (Å²) in [6.07, 6.45) is 0. The van der Waals surface area contributed by atoms with Crippen LogP contribution in [0, 0.1) is 12.7 Å². The second-order valence-corrected chi connectivity index (χ2v) is 9.00. The zero-order valence-electron chi connectivity index (χ0n) is 17.5. The third kappa shape index (κ3) is 5.32. The minimum absolute atomic E-state index is 0.0318. The Hall–Kier alpha value is -2.81. The molecule has 1 saturated heterocycles. The van der Waals surface area contributed by atoms with E-state index in [4.69, 9.17) is 11.6 Å². The third-order valence-electron chi connectivity index (χ3n) is 5.24. The average molecular weight is 473 g/mol. The number of halogens is 2. The maximum absolute atomic E-state index is 13.1. The molecule has 0 bridgehead atoms. The van der Waals surface area contributed by atoms with Gasteiger partial charge in [0.05, 0.1) is 12.2 Å². The number of carbonyl (C=O) groups excluding carboxylic acids is 2. The molecule has 1 aliphatic rings. The predicted octanol–water partition coefficient (Wildman–Crippen LogP) is 4.31. The molecular weight excluding hydrogens is 451 g/mol. The molecule has 6 nitrogen and oxygen atoms in total. The lowest BCUT2D eigenvalue weighted by atomic mass is 10.2. The number of thiazole rings is 1. The number of nitrogens with zero attached hydrogens (tertiary/aromatic N) is 3. The molecule has 0 unspecified atom stereocenters. The summed E-state index contributed by atoms with van der Waals surface area (Å²) in [7, 11) is 0. The maximum Gasteiger partial charge on any atom is 0.265 e. The Balaban J connectivity index is 1.32. The molecule has 166 valence electrons. The van der Waals surface area contributed by atoms with E-state index in [2.05, 4.69) is 10.3 Å². The summed E-state index contributed by atoms with van der Waals surface area (Å²) in [4.78, 5) is 34.3. The Morgan fingerprint density at radius 3 is 2.38 bits per heavy atom. The Bertz CT molecular complexity index is 1110. The van der Waals surface area contributed by atoms with Crippen LogP contribution in [-0.2, 0) is 4.79 Å². The van der Waals surface area contributed by atoms with E-state index in [9.17, 15) is 14.0 Å². The van der Waals surface area contributed by atoms with Crippen LogP contribution >= 0.6 is 22.9 Å². The van der Waals surface area contributed by atoms with Gasteiger partial charge in [0.2, 0.25) is 5.91 Å². The van der Waals surface area contributed by atoms with E-state index >= 15 is 0 Å². The number of amides is 2. The monoisotopic (exact) mass is 472 g/mol. The van der Waals surface area contributed by atoms with Gasteiger partial charge in [-0.05, 0) is 43.3 Å². The molecule has 0 aliphatic carbocycles. The van der Waals surface area contributed by atoms with Crippen LogP contribution in [0.3, 0.4) is 0 Å². The van der Waals surface area contributed by atoms with Gasteiger partial charge in [0.25, 0.3) is 5.91 Å². The van der Waals surface area contributed by atoms with Crippen molar-refractivity contribution in [2.45, 2.75) is 6.92 Å². The van der Waals surface area contributed by atoms with Crippen molar-refractivity contribution < 1.29 is 14.0 Å². The highest BCUT2D eigenvalue weighted by atomic mass is 35.5. The number of piperazine rings is 1. The average Bonchev–Trinajstić information content (AvgIpc) is 3.17. The second kappa shape index (κ2) is 9.77. The summed E-state index contributed by atoms with van der Waals surface area (Å²) in [5.41, 5.74) is 2.20. The highest BCUT2D eigenvalue weighted by Gasteiger charge is 2.26. The number of aryl methyl sites for hydroxylation is 1. The van der Waals surface area contributed by atoms with Crippen molar-refractivity contribution >= 4 is 40.4 Å². The van der Waals surface area contributed by atoms with Gasteiger partial charge in [0, 0.05) is 42.5 Å². The number of aromatic nitrogens is 1. The SMILES string of the molecule is Cc1nc(-c2ccc(Cl)cc2)sc1C(=O)N1CCN(CC(=O)Nc2ccc(F)cc2)CC1. The van der Waals surface area contributed by atoms with Gasteiger partial charge in [-0.25, -0.2) is 9.37 Å². The fourth-order valence-electron chi connectivity index (χ4n) is 3.50. The lowest BCUT2D eigenvalue weighted by Crippen LogP contribution is -2.50. The fraction of sp³-hybridized carbons (Fsp3) is 0.261. The highest BCUT2D eigenvalue weighted by molar-refractivity contribution is 7.17. The zero-order valence-corrected chi connectivity index (χ0v) is 19.0. The first kappa shape index (κ1) is 22.4. The highest BCUT2D eigenvalue weighted by Crippen LogP contribution is 2.29.